The summed E-state index contributed by atoms with van der Waals surface area (Å²) in [7, 11) is -3.51. The van der Waals surface area contributed by atoms with E-state index in [1.165, 1.54) is 6.42 Å². The Kier molecular flexibility index (Phi) is 3.71. The number of nitrogens with two attached hydrogens (primary N) is 1. The summed E-state index contributed by atoms with van der Waals surface area (Å²) < 4.78 is 28.3. The molecule has 0 amide bonds. The molecule has 2 aliphatic heterocycles. The molecule has 3 rings (SSSR count). The molecule has 0 radical (unpaired) electrons. The third kappa shape index (κ3) is 2.67. The number of benzene rings is 1. The Bertz CT molecular complexity index is 657. The number of nitrogen functional groups attached to an aromatic ring is 1. The predicted molar refractivity (Wildman–Crippen MR) is 83.6 cm³/mol. The highest BCUT2D eigenvalue weighted by Crippen LogP contribution is 2.30. The van der Waals surface area contributed by atoms with Gasteiger partial charge in [-0.1, -0.05) is 0 Å². The highest BCUT2D eigenvalue weighted by Gasteiger charge is 2.39. The molecule has 116 valence electrons. The van der Waals surface area contributed by atoms with Gasteiger partial charge in [0.1, 0.15) is 0 Å². The van der Waals surface area contributed by atoms with Crippen molar-refractivity contribution in [3.05, 3.63) is 23.3 Å². The molecular formula is C15H23N3O2S. The first-order chi connectivity index (χ1) is 9.88. The van der Waals surface area contributed by atoms with E-state index in [0.717, 1.165) is 37.1 Å². The lowest BCUT2D eigenvalue weighted by Crippen LogP contribution is -2.42. The molecule has 0 aliphatic carbocycles. The van der Waals surface area contributed by atoms with Crippen LogP contribution < -0.4 is 10.5 Å². The van der Waals surface area contributed by atoms with Crippen molar-refractivity contribution in [2.45, 2.75) is 50.1 Å². The summed E-state index contributed by atoms with van der Waals surface area (Å²) in [6, 6.07) is 3.76. The molecule has 1 aromatic rings. The molecule has 2 aliphatic rings. The van der Waals surface area contributed by atoms with E-state index in [0.29, 0.717) is 16.6 Å². The summed E-state index contributed by atoms with van der Waals surface area (Å²) in [4.78, 5) is 2.71. The largest absolute Gasteiger partial charge is 0.399 e. The lowest BCUT2D eigenvalue weighted by atomic mass is 10.1. The minimum absolute atomic E-state index is 0.0265. The van der Waals surface area contributed by atoms with Crippen LogP contribution in [-0.2, 0) is 10.0 Å². The molecule has 2 saturated heterocycles. The molecule has 0 spiro atoms. The summed E-state index contributed by atoms with van der Waals surface area (Å²) in [6.07, 6.45) is 3.14. The van der Waals surface area contributed by atoms with Gasteiger partial charge in [-0.05, 0) is 62.9 Å². The van der Waals surface area contributed by atoms with Crippen molar-refractivity contribution in [1.29, 1.82) is 0 Å². The van der Waals surface area contributed by atoms with Crippen molar-refractivity contribution in [2.75, 3.05) is 18.8 Å². The Morgan fingerprint density at radius 1 is 1.24 bits per heavy atom. The fraction of sp³-hybridized carbons (Fsp3) is 0.600. The first-order valence-electron chi connectivity index (χ1n) is 7.51. The predicted octanol–water partition coefficient (Wildman–Crippen LogP) is 1.40. The van der Waals surface area contributed by atoms with Gasteiger partial charge in [0, 0.05) is 24.3 Å². The van der Waals surface area contributed by atoms with Gasteiger partial charge in [0.25, 0.3) is 0 Å². The zero-order valence-corrected chi connectivity index (χ0v) is 13.4. The molecule has 1 aromatic carbocycles. The molecule has 3 N–H and O–H groups in total. The number of nitrogens with one attached hydrogen (secondary N) is 1. The van der Waals surface area contributed by atoms with Gasteiger partial charge < -0.3 is 5.73 Å². The first kappa shape index (κ1) is 14.8. The summed E-state index contributed by atoms with van der Waals surface area (Å²) in [5, 5.41) is 0. The van der Waals surface area contributed by atoms with Gasteiger partial charge in [-0.3, -0.25) is 4.90 Å². The van der Waals surface area contributed by atoms with E-state index in [9.17, 15) is 8.42 Å². The molecule has 2 atom stereocenters. The van der Waals surface area contributed by atoms with Gasteiger partial charge in [0.15, 0.2) is 0 Å². The van der Waals surface area contributed by atoms with Gasteiger partial charge in [0.2, 0.25) is 10.0 Å². The molecule has 5 nitrogen and oxygen atoms in total. The zero-order valence-electron chi connectivity index (χ0n) is 12.6. The molecule has 2 fully saturated rings. The van der Waals surface area contributed by atoms with Crippen LogP contribution >= 0.6 is 0 Å². The summed E-state index contributed by atoms with van der Waals surface area (Å²) in [5.74, 6) is 0. The van der Waals surface area contributed by atoms with Gasteiger partial charge in [-0.25, -0.2) is 13.1 Å². The lowest BCUT2D eigenvalue weighted by Gasteiger charge is -2.22. The van der Waals surface area contributed by atoms with Crippen LogP contribution in [0.15, 0.2) is 17.0 Å². The molecule has 0 aromatic heterocycles. The molecule has 6 heteroatoms. The first-order valence-corrected chi connectivity index (χ1v) is 9.00. The fourth-order valence-corrected chi connectivity index (χ4v) is 5.27. The van der Waals surface area contributed by atoms with Crippen molar-refractivity contribution in [1.82, 2.24) is 9.62 Å². The molecular weight excluding hydrogens is 286 g/mol. The van der Waals surface area contributed by atoms with Crippen molar-refractivity contribution in [3.63, 3.8) is 0 Å². The van der Waals surface area contributed by atoms with E-state index in [1.807, 2.05) is 19.9 Å². The molecule has 21 heavy (non-hydrogen) atoms. The van der Waals surface area contributed by atoms with Crippen LogP contribution in [0.2, 0.25) is 0 Å². The van der Waals surface area contributed by atoms with Gasteiger partial charge in [-0.15, -0.1) is 0 Å². The van der Waals surface area contributed by atoms with Crippen LogP contribution in [0.1, 0.15) is 30.4 Å². The Balaban J connectivity index is 1.88. The van der Waals surface area contributed by atoms with Gasteiger partial charge in [-0.2, -0.15) is 0 Å². The molecule has 0 saturated carbocycles. The summed E-state index contributed by atoms with van der Waals surface area (Å²) in [6.45, 7) is 5.81. The summed E-state index contributed by atoms with van der Waals surface area (Å²) >= 11 is 0. The van der Waals surface area contributed by atoms with Crippen LogP contribution in [0.3, 0.4) is 0 Å². The van der Waals surface area contributed by atoms with Crippen LogP contribution in [0.5, 0.6) is 0 Å². The normalized spacial score (nSPS) is 26.2. The topological polar surface area (TPSA) is 75.4 Å². The average molecular weight is 309 g/mol. The number of anilines is 1. The molecule has 0 bridgehead atoms. The maximum absolute atomic E-state index is 12.7. The second-order valence-corrected chi connectivity index (χ2v) is 7.91. The Hall–Kier alpha value is -1.11. The maximum Gasteiger partial charge on any atom is 0.241 e. The van der Waals surface area contributed by atoms with E-state index < -0.39 is 10.0 Å². The SMILES string of the molecule is Cc1cc(N)cc(S(=O)(=O)NC2CCN3CCCC23)c1C. The second kappa shape index (κ2) is 5.26. The van der Waals surface area contributed by atoms with Crippen LogP contribution in [0, 0.1) is 13.8 Å². The lowest BCUT2D eigenvalue weighted by molar-refractivity contribution is 0.309. The minimum Gasteiger partial charge on any atom is -0.399 e. The van der Waals surface area contributed by atoms with E-state index >= 15 is 0 Å². The maximum atomic E-state index is 12.7. The molecule has 2 heterocycles. The second-order valence-electron chi connectivity index (χ2n) is 6.22. The molecule has 2 unspecified atom stereocenters. The van der Waals surface area contributed by atoms with E-state index in [-0.39, 0.29) is 6.04 Å². The smallest absolute Gasteiger partial charge is 0.241 e. The number of sulfonamides is 1. The third-order valence-electron chi connectivity index (χ3n) is 4.84. The Labute approximate surface area is 126 Å². The number of aryl methyl sites for hydroxylation is 1. The highest BCUT2D eigenvalue weighted by atomic mass is 32.2. The van der Waals surface area contributed by atoms with E-state index in [1.54, 1.807) is 6.07 Å². The van der Waals surface area contributed by atoms with Crippen molar-refractivity contribution >= 4 is 15.7 Å². The quantitative estimate of drug-likeness (QED) is 0.828. The minimum atomic E-state index is -3.51. The number of hydrogen-bond donors (Lipinski definition) is 2. The number of rotatable bonds is 3. The highest BCUT2D eigenvalue weighted by molar-refractivity contribution is 7.89. The standard InChI is InChI=1S/C15H23N3O2S/c1-10-8-12(16)9-15(11(10)2)21(19,20)17-13-5-7-18-6-3-4-14(13)18/h8-9,13-14,17H,3-7,16H2,1-2H3. The zero-order chi connectivity index (χ0) is 15.2. The van der Waals surface area contributed by atoms with Crippen molar-refractivity contribution in [2.24, 2.45) is 0 Å². The van der Waals surface area contributed by atoms with Crippen LogP contribution in [-0.4, -0.2) is 38.5 Å². The van der Waals surface area contributed by atoms with Gasteiger partial charge in [0.05, 0.1) is 4.90 Å². The number of hydrogen-bond acceptors (Lipinski definition) is 4. The number of nitrogens with zero attached hydrogens (tertiary/aromatic N) is 1. The van der Waals surface area contributed by atoms with Crippen molar-refractivity contribution < 1.29 is 8.42 Å². The Morgan fingerprint density at radius 3 is 2.76 bits per heavy atom. The monoisotopic (exact) mass is 309 g/mol. The number of fused-ring (bicyclic) bond motifs is 1. The fourth-order valence-electron chi connectivity index (χ4n) is 3.62. The van der Waals surface area contributed by atoms with Crippen molar-refractivity contribution in [3.8, 4) is 0 Å². The van der Waals surface area contributed by atoms with Crippen LogP contribution in [0.25, 0.3) is 0 Å². The van der Waals surface area contributed by atoms with Gasteiger partial charge >= 0.3 is 0 Å². The summed E-state index contributed by atoms with van der Waals surface area (Å²) in [5.41, 5.74) is 7.99. The van der Waals surface area contributed by atoms with E-state index in [4.69, 9.17) is 5.73 Å². The van der Waals surface area contributed by atoms with E-state index in [2.05, 4.69) is 9.62 Å². The Morgan fingerprint density at radius 2 is 2.00 bits per heavy atom. The third-order valence-corrected chi connectivity index (χ3v) is 6.46. The van der Waals surface area contributed by atoms with Crippen LogP contribution in [0.4, 0.5) is 5.69 Å². The average Bonchev–Trinajstić information content (AvgIpc) is 2.98.